The van der Waals surface area contributed by atoms with E-state index in [9.17, 15) is 19.2 Å². The molecule has 0 saturated carbocycles. The predicted molar refractivity (Wildman–Crippen MR) is 367 cm³/mol. The number of methoxy groups -OCH3 is 2. The van der Waals surface area contributed by atoms with Crippen molar-refractivity contribution in [2.45, 2.75) is 76.0 Å². The molecule has 1 atom stereocenters. The van der Waals surface area contributed by atoms with Crippen molar-refractivity contribution in [2.24, 2.45) is 0 Å². The van der Waals surface area contributed by atoms with Gasteiger partial charge in [0, 0.05) is 65.1 Å². The Bertz CT molecular complexity index is 3110. The summed E-state index contributed by atoms with van der Waals surface area (Å²) in [6, 6.07) is 37.9. The number of imide groups is 3. The summed E-state index contributed by atoms with van der Waals surface area (Å²) in [4.78, 5) is 49.1. The zero-order valence-electron chi connectivity index (χ0n) is 57.1. The van der Waals surface area contributed by atoms with Crippen LogP contribution in [0, 0.1) is 0 Å². The fraction of sp³-hybridized carbons (Fsp3) is 0.553. The molecule has 5 aromatic carbocycles. The van der Waals surface area contributed by atoms with Gasteiger partial charge in [-0.2, -0.15) is 0 Å². The van der Waals surface area contributed by atoms with Gasteiger partial charge in [0.25, 0.3) is 0 Å². The summed E-state index contributed by atoms with van der Waals surface area (Å²) < 4.78 is 84.7. The van der Waals surface area contributed by atoms with E-state index in [2.05, 4.69) is 96.3 Å². The van der Waals surface area contributed by atoms with Crippen molar-refractivity contribution in [1.82, 2.24) is 10.2 Å². The van der Waals surface area contributed by atoms with E-state index in [-0.39, 0.29) is 37.0 Å². The van der Waals surface area contributed by atoms with Gasteiger partial charge in [-0.05, 0) is 136 Å². The molecule has 0 radical (unpaired) electrons. The van der Waals surface area contributed by atoms with Crippen molar-refractivity contribution >= 4 is 23.6 Å². The van der Waals surface area contributed by atoms with Gasteiger partial charge in [0.15, 0.2) is 0 Å². The van der Waals surface area contributed by atoms with Crippen LogP contribution in [0.1, 0.15) is 86.5 Å². The fourth-order valence-electron chi connectivity index (χ4n) is 12.1. The molecule has 5 aromatic rings. The summed E-state index contributed by atoms with van der Waals surface area (Å²) in [6.07, 6.45) is 5.54. The van der Waals surface area contributed by atoms with E-state index in [1.54, 1.807) is 14.2 Å². The standard InChI is InChI=1S/C76H102N2O19/c1-83-31-33-85-28-7-25-76(26-8-29-86-35-36-88-39-40-90-43-44-92-47-48-94-51-52-96-54-53-95-50-49-93-46-45-91-42-41-89-38-37-87-34-32-84-2)70-57-61(59-11-16-65(17-12-59)97-30-6-5-27-77-72(79)21-22-73(80)78-74(81)23-24-75(78)82)14-19-68(70)69-20-15-62(58-71(69)76)60-13-18-67-64(55-60)56-63-9-3-4-10-66(63)67/h3-4,9-20,55,57-58H,5-8,21-54,56H2,1-2H3,(H,77,79). The third-order valence-electron chi connectivity index (χ3n) is 17.1. The maximum atomic E-state index is 12.4. The lowest BCUT2D eigenvalue weighted by atomic mass is 9.70. The van der Waals surface area contributed by atoms with Gasteiger partial charge in [0.05, 0.1) is 165 Å². The van der Waals surface area contributed by atoms with Gasteiger partial charge in [0.2, 0.25) is 23.6 Å². The van der Waals surface area contributed by atoms with Crippen LogP contribution in [0.2, 0.25) is 0 Å². The van der Waals surface area contributed by atoms with Crippen LogP contribution in [0.3, 0.4) is 0 Å². The zero-order valence-corrected chi connectivity index (χ0v) is 57.1. The minimum Gasteiger partial charge on any atom is -0.494 e. The molecule has 1 fully saturated rings. The summed E-state index contributed by atoms with van der Waals surface area (Å²) >= 11 is 0. The second-order valence-corrected chi connectivity index (χ2v) is 23.8. The first-order valence-electron chi connectivity index (χ1n) is 34.6. The molecule has 97 heavy (non-hydrogen) atoms. The Morgan fingerprint density at radius 3 is 1.25 bits per heavy atom. The number of rotatable bonds is 55. The second kappa shape index (κ2) is 44.6. The number of carbonyl (C=O) groups is 4. The van der Waals surface area contributed by atoms with Crippen LogP contribution < -0.4 is 10.1 Å². The van der Waals surface area contributed by atoms with Crippen LogP contribution in [-0.2, 0) is 97.3 Å². The van der Waals surface area contributed by atoms with Crippen LogP contribution in [-0.4, -0.2) is 228 Å². The minimum atomic E-state index is -0.625. The number of nitrogens with zero attached hydrogens (tertiary/aromatic N) is 1. The summed E-state index contributed by atoms with van der Waals surface area (Å²) in [7, 11) is 3.34. The molecule has 1 unspecified atom stereocenters. The lowest BCUT2D eigenvalue weighted by Gasteiger charge is -2.33. The maximum Gasteiger partial charge on any atom is 0.236 e. The van der Waals surface area contributed by atoms with Gasteiger partial charge < -0.3 is 76.4 Å². The number of hydrogen-bond donors (Lipinski definition) is 1. The van der Waals surface area contributed by atoms with Gasteiger partial charge in [-0.3, -0.25) is 19.2 Å². The molecular weight excluding hydrogens is 1240 g/mol. The second-order valence-electron chi connectivity index (χ2n) is 23.8. The highest BCUT2D eigenvalue weighted by Gasteiger charge is 2.43. The number of likely N-dealkylation sites (tertiary alicyclic amines) is 1. The smallest absolute Gasteiger partial charge is 0.236 e. The molecule has 21 heteroatoms. The average Bonchev–Trinajstić information content (AvgIpc) is 1.56. The number of unbranched alkanes of at least 4 members (excludes halogenated alkanes) is 1. The molecule has 0 bridgehead atoms. The number of amides is 4. The van der Waals surface area contributed by atoms with Crippen LogP contribution in [0.5, 0.6) is 5.75 Å². The van der Waals surface area contributed by atoms with E-state index in [4.69, 9.17) is 71.1 Å². The third-order valence-corrected chi connectivity index (χ3v) is 17.1. The first-order valence-corrected chi connectivity index (χ1v) is 34.6. The monoisotopic (exact) mass is 1350 g/mol. The number of nitrogens with one attached hydrogen (secondary N) is 1. The normalized spacial score (nSPS) is 14.5. The van der Waals surface area contributed by atoms with Crippen molar-refractivity contribution in [2.75, 3.05) is 199 Å². The molecule has 2 aliphatic carbocycles. The summed E-state index contributed by atoms with van der Waals surface area (Å²) in [5.41, 5.74) is 14.8. The summed E-state index contributed by atoms with van der Waals surface area (Å²) in [5.74, 6) is -1.18. The van der Waals surface area contributed by atoms with Crippen LogP contribution >= 0.6 is 0 Å². The molecule has 21 nitrogen and oxygen atoms in total. The number of fused-ring (bicyclic) bond motifs is 6. The minimum absolute atomic E-state index is 0.0349. The average molecular weight is 1350 g/mol. The zero-order chi connectivity index (χ0) is 67.8. The lowest BCUT2D eigenvalue weighted by molar-refractivity contribution is -0.150. The topological polar surface area (TPSA) is 222 Å². The Morgan fingerprint density at radius 1 is 0.392 bits per heavy atom. The number of benzene rings is 5. The molecule has 3 aliphatic rings. The van der Waals surface area contributed by atoms with Gasteiger partial charge in [-0.15, -0.1) is 0 Å². The molecule has 1 saturated heterocycles. The van der Waals surface area contributed by atoms with Gasteiger partial charge in [-0.25, -0.2) is 4.90 Å². The molecule has 8 rings (SSSR count). The molecule has 0 spiro atoms. The Hall–Kier alpha value is -6.38. The summed E-state index contributed by atoms with van der Waals surface area (Å²) in [5, 5.41) is 2.82. The van der Waals surface area contributed by atoms with Crippen molar-refractivity contribution in [1.29, 1.82) is 0 Å². The molecule has 0 aromatic heterocycles. The van der Waals surface area contributed by atoms with Crippen LogP contribution in [0.25, 0.3) is 44.5 Å². The van der Waals surface area contributed by atoms with E-state index in [0.29, 0.717) is 203 Å². The number of hydrogen-bond acceptors (Lipinski definition) is 19. The largest absolute Gasteiger partial charge is 0.494 e. The molecule has 1 heterocycles. The van der Waals surface area contributed by atoms with Crippen LogP contribution in [0.15, 0.2) is 103 Å². The number of carbonyl (C=O) groups excluding carboxylic acids is 4. The quantitative estimate of drug-likeness (QED) is 0.0277. The van der Waals surface area contributed by atoms with E-state index in [1.165, 1.54) is 55.6 Å². The molecule has 1 aliphatic heterocycles. The third kappa shape index (κ3) is 25.4. The first-order chi connectivity index (χ1) is 47.8. The Morgan fingerprint density at radius 2 is 0.784 bits per heavy atom. The van der Waals surface area contributed by atoms with E-state index >= 15 is 0 Å². The van der Waals surface area contributed by atoms with Crippen molar-refractivity contribution < 1.29 is 90.2 Å². The van der Waals surface area contributed by atoms with Crippen LogP contribution in [0.4, 0.5) is 0 Å². The van der Waals surface area contributed by atoms with Crippen molar-refractivity contribution in [3.8, 4) is 50.3 Å². The lowest BCUT2D eigenvalue weighted by Crippen LogP contribution is -2.36. The van der Waals surface area contributed by atoms with E-state index < -0.39 is 17.7 Å². The van der Waals surface area contributed by atoms with Gasteiger partial charge >= 0.3 is 0 Å². The van der Waals surface area contributed by atoms with E-state index in [0.717, 1.165) is 49.0 Å². The van der Waals surface area contributed by atoms with E-state index in [1.807, 2.05) is 12.1 Å². The molecule has 530 valence electrons. The fourth-order valence-corrected chi connectivity index (χ4v) is 12.1. The highest BCUT2D eigenvalue weighted by atomic mass is 16.6. The van der Waals surface area contributed by atoms with Gasteiger partial charge in [0.1, 0.15) is 5.75 Å². The highest BCUT2D eigenvalue weighted by molar-refractivity contribution is 6.15. The predicted octanol–water partition coefficient (Wildman–Crippen LogP) is 9.64. The summed E-state index contributed by atoms with van der Waals surface area (Å²) in [6.45, 7) is 14.0. The molecule has 1 N–H and O–H groups in total. The Kier molecular flexibility index (Phi) is 35.1. The Balaban J connectivity index is 0.742. The van der Waals surface area contributed by atoms with Gasteiger partial charge in [-0.1, -0.05) is 78.9 Å². The number of ether oxygens (including phenoxy) is 15. The SMILES string of the molecule is COCCOCCCC1(CCCOCCOCCOCCOCCOCCOCCOCCOCCOCCOCCOCCOC)c2cc(-c3ccc(OCCCCNC(=O)CCC(=O)N4C(=O)CCC4=O)cc3)ccc2-c2ccc(-c3ccc4c(c3)Cc3ccccc3-4)cc21. The molecule has 4 amide bonds. The first kappa shape index (κ1) is 76.4. The maximum absolute atomic E-state index is 12.4. The van der Waals surface area contributed by atoms with Crippen molar-refractivity contribution in [3.63, 3.8) is 0 Å². The highest BCUT2D eigenvalue weighted by Crippen LogP contribution is 2.55. The Labute approximate surface area is 572 Å². The van der Waals surface area contributed by atoms with Crippen molar-refractivity contribution in [3.05, 3.63) is 125 Å². The molecular formula is C76H102N2O19.